The highest BCUT2D eigenvalue weighted by Crippen LogP contribution is 2.18. The molecule has 0 radical (unpaired) electrons. The first-order chi connectivity index (χ1) is 7.16. The molecular formula is C9H12N6. The number of allylic oxidation sites excluding steroid dienone is 3. The van der Waals surface area contributed by atoms with E-state index in [9.17, 15) is 0 Å². The van der Waals surface area contributed by atoms with Crippen LogP contribution in [-0.4, -0.2) is 22.0 Å². The van der Waals surface area contributed by atoms with Gasteiger partial charge in [-0.25, -0.2) is 0 Å². The molecule has 1 aromatic heterocycles. The molecule has 1 aliphatic rings. The SMILES string of the molecule is CN(C1=CCC=C1)c1nc(N)nc(N)n1. The molecule has 0 saturated heterocycles. The summed E-state index contributed by atoms with van der Waals surface area (Å²) in [7, 11) is 1.86. The molecule has 0 aliphatic heterocycles. The number of nitrogens with two attached hydrogens (primary N) is 2. The quantitative estimate of drug-likeness (QED) is 0.720. The van der Waals surface area contributed by atoms with Crippen LogP contribution in [0.5, 0.6) is 0 Å². The van der Waals surface area contributed by atoms with E-state index in [1.54, 1.807) is 0 Å². The lowest BCUT2D eigenvalue weighted by Gasteiger charge is -2.16. The summed E-state index contributed by atoms with van der Waals surface area (Å²) in [5, 5.41) is 0. The Labute approximate surface area is 87.3 Å². The van der Waals surface area contributed by atoms with Gasteiger partial charge in [0.05, 0.1) is 0 Å². The topological polar surface area (TPSA) is 94.0 Å². The molecule has 2 rings (SSSR count). The molecule has 15 heavy (non-hydrogen) atoms. The number of anilines is 3. The van der Waals surface area contributed by atoms with E-state index in [0.29, 0.717) is 5.95 Å². The maximum atomic E-state index is 5.49. The van der Waals surface area contributed by atoms with E-state index in [0.717, 1.165) is 12.1 Å². The van der Waals surface area contributed by atoms with Gasteiger partial charge in [0, 0.05) is 12.7 Å². The Kier molecular flexibility index (Phi) is 2.24. The first-order valence-corrected chi connectivity index (χ1v) is 4.54. The Balaban J connectivity index is 2.32. The molecule has 6 heteroatoms. The van der Waals surface area contributed by atoms with Gasteiger partial charge < -0.3 is 16.4 Å². The summed E-state index contributed by atoms with van der Waals surface area (Å²) >= 11 is 0. The molecule has 1 heterocycles. The molecule has 1 aromatic rings. The van der Waals surface area contributed by atoms with Crippen LogP contribution in [0.4, 0.5) is 17.8 Å². The smallest absolute Gasteiger partial charge is 0.236 e. The average Bonchev–Trinajstić information content (AvgIpc) is 2.67. The largest absolute Gasteiger partial charge is 0.368 e. The van der Waals surface area contributed by atoms with Crippen LogP contribution >= 0.6 is 0 Å². The van der Waals surface area contributed by atoms with Gasteiger partial charge in [-0.3, -0.25) is 0 Å². The lowest BCUT2D eigenvalue weighted by atomic mass is 10.4. The van der Waals surface area contributed by atoms with Gasteiger partial charge in [0.15, 0.2) is 0 Å². The van der Waals surface area contributed by atoms with Crippen LogP contribution in [0.25, 0.3) is 0 Å². The first-order valence-electron chi connectivity index (χ1n) is 4.54. The molecule has 0 atom stereocenters. The Hall–Kier alpha value is -2.11. The highest BCUT2D eigenvalue weighted by atomic mass is 15.3. The van der Waals surface area contributed by atoms with Gasteiger partial charge in [-0.05, 0) is 12.5 Å². The zero-order chi connectivity index (χ0) is 10.8. The summed E-state index contributed by atoms with van der Waals surface area (Å²) < 4.78 is 0. The second-order valence-electron chi connectivity index (χ2n) is 3.18. The molecule has 4 N–H and O–H groups in total. The van der Waals surface area contributed by atoms with Crippen LogP contribution in [0.1, 0.15) is 6.42 Å². The van der Waals surface area contributed by atoms with Crippen molar-refractivity contribution in [1.82, 2.24) is 15.0 Å². The van der Waals surface area contributed by atoms with Gasteiger partial charge >= 0.3 is 0 Å². The summed E-state index contributed by atoms with van der Waals surface area (Å²) in [5.41, 5.74) is 12.0. The third kappa shape index (κ3) is 1.88. The van der Waals surface area contributed by atoms with Crippen molar-refractivity contribution in [1.29, 1.82) is 0 Å². The molecule has 0 fully saturated rings. The van der Waals surface area contributed by atoms with Gasteiger partial charge in [0.25, 0.3) is 0 Å². The summed E-state index contributed by atoms with van der Waals surface area (Å²) in [5.74, 6) is 0.719. The average molecular weight is 204 g/mol. The van der Waals surface area contributed by atoms with Gasteiger partial charge in [0.1, 0.15) is 0 Å². The minimum Gasteiger partial charge on any atom is -0.368 e. The minimum atomic E-state index is 0.131. The zero-order valence-electron chi connectivity index (χ0n) is 8.38. The standard InChI is InChI=1S/C9H12N6/c1-15(6-4-2-3-5-6)9-13-7(10)12-8(11)14-9/h2,4-5H,3H2,1H3,(H4,10,11,12,13,14). The zero-order valence-corrected chi connectivity index (χ0v) is 8.38. The summed E-state index contributed by atoms with van der Waals surface area (Å²) in [6.45, 7) is 0. The van der Waals surface area contributed by atoms with Crippen molar-refractivity contribution in [2.24, 2.45) is 0 Å². The molecule has 6 nitrogen and oxygen atoms in total. The van der Waals surface area contributed by atoms with Crippen molar-refractivity contribution in [3.05, 3.63) is 23.9 Å². The lowest BCUT2D eigenvalue weighted by Crippen LogP contribution is -2.19. The second kappa shape index (κ2) is 3.56. The van der Waals surface area contributed by atoms with Crippen molar-refractivity contribution in [2.75, 3.05) is 23.4 Å². The number of nitrogen functional groups attached to an aromatic ring is 2. The van der Waals surface area contributed by atoms with E-state index in [1.807, 2.05) is 18.0 Å². The Morgan fingerprint density at radius 1 is 1.20 bits per heavy atom. The fraction of sp³-hybridized carbons (Fsp3) is 0.222. The van der Waals surface area contributed by atoms with Crippen LogP contribution in [0.2, 0.25) is 0 Å². The third-order valence-electron chi connectivity index (χ3n) is 2.10. The number of hydrogen-bond acceptors (Lipinski definition) is 6. The van der Waals surface area contributed by atoms with Crippen LogP contribution in [0, 0.1) is 0 Å². The minimum absolute atomic E-state index is 0.131. The molecule has 0 amide bonds. The molecule has 78 valence electrons. The van der Waals surface area contributed by atoms with Crippen molar-refractivity contribution < 1.29 is 0 Å². The maximum absolute atomic E-state index is 5.49. The Bertz CT molecular complexity index is 416. The molecule has 0 spiro atoms. The van der Waals surface area contributed by atoms with E-state index < -0.39 is 0 Å². The predicted molar refractivity (Wildman–Crippen MR) is 58.9 cm³/mol. The normalized spacial score (nSPS) is 14.1. The number of rotatable bonds is 2. The van der Waals surface area contributed by atoms with Crippen LogP contribution in [0.15, 0.2) is 23.9 Å². The van der Waals surface area contributed by atoms with E-state index >= 15 is 0 Å². The second-order valence-corrected chi connectivity index (χ2v) is 3.18. The highest BCUT2D eigenvalue weighted by Gasteiger charge is 2.11. The van der Waals surface area contributed by atoms with Gasteiger partial charge in [-0.1, -0.05) is 12.2 Å². The van der Waals surface area contributed by atoms with Gasteiger partial charge in [-0.15, -0.1) is 0 Å². The van der Waals surface area contributed by atoms with Crippen LogP contribution in [0.3, 0.4) is 0 Å². The molecule has 0 bridgehead atoms. The van der Waals surface area contributed by atoms with Crippen molar-refractivity contribution in [3.63, 3.8) is 0 Å². The Morgan fingerprint density at radius 2 is 1.87 bits per heavy atom. The first kappa shape index (κ1) is 9.45. The van der Waals surface area contributed by atoms with Gasteiger partial charge in [-0.2, -0.15) is 15.0 Å². The monoisotopic (exact) mass is 204 g/mol. The van der Waals surface area contributed by atoms with Crippen LogP contribution in [-0.2, 0) is 0 Å². The van der Waals surface area contributed by atoms with Crippen LogP contribution < -0.4 is 16.4 Å². The van der Waals surface area contributed by atoms with Crippen molar-refractivity contribution in [2.45, 2.75) is 6.42 Å². The maximum Gasteiger partial charge on any atom is 0.236 e. The lowest BCUT2D eigenvalue weighted by molar-refractivity contribution is 0.980. The molecular weight excluding hydrogens is 192 g/mol. The summed E-state index contributed by atoms with van der Waals surface area (Å²) in [6.07, 6.45) is 7.04. The summed E-state index contributed by atoms with van der Waals surface area (Å²) in [4.78, 5) is 13.5. The highest BCUT2D eigenvalue weighted by molar-refractivity contribution is 5.49. The van der Waals surface area contributed by atoms with E-state index in [1.165, 1.54) is 0 Å². The van der Waals surface area contributed by atoms with E-state index in [-0.39, 0.29) is 11.9 Å². The molecule has 0 saturated carbocycles. The summed E-state index contributed by atoms with van der Waals surface area (Å²) in [6, 6.07) is 0. The number of likely N-dealkylation sites (N-methyl/N-ethyl adjacent to an activating group) is 1. The number of nitrogens with zero attached hydrogens (tertiary/aromatic N) is 4. The predicted octanol–water partition coefficient (Wildman–Crippen LogP) is 0.316. The fourth-order valence-corrected chi connectivity index (χ4v) is 1.36. The molecule has 1 aliphatic carbocycles. The Morgan fingerprint density at radius 3 is 2.40 bits per heavy atom. The van der Waals surface area contributed by atoms with Gasteiger partial charge in [0.2, 0.25) is 17.8 Å². The van der Waals surface area contributed by atoms with E-state index in [2.05, 4.69) is 27.1 Å². The van der Waals surface area contributed by atoms with Crippen molar-refractivity contribution in [3.8, 4) is 0 Å². The fourth-order valence-electron chi connectivity index (χ4n) is 1.36. The molecule has 0 unspecified atom stereocenters. The van der Waals surface area contributed by atoms with Crippen molar-refractivity contribution >= 4 is 17.8 Å². The third-order valence-corrected chi connectivity index (χ3v) is 2.10. The number of hydrogen-bond donors (Lipinski definition) is 2. The number of aromatic nitrogens is 3. The molecule has 0 aromatic carbocycles. The van der Waals surface area contributed by atoms with E-state index in [4.69, 9.17) is 11.5 Å².